The van der Waals surface area contributed by atoms with Crippen molar-refractivity contribution in [3.8, 4) is 0 Å². The van der Waals surface area contributed by atoms with Gasteiger partial charge in [0, 0.05) is 12.8 Å². The molecule has 114 valence electrons. The number of carbonyl (C=O) groups is 1. The van der Waals surface area contributed by atoms with Crippen LogP contribution in [0.1, 0.15) is 35.9 Å². The summed E-state index contributed by atoms with van der Waals surface area (Å²) < 4.78 is 11.7. The van der Waals surface area contributed by atoms with E-state index in [1.165, 1.54) is 11.8 Å². The van der Waals surface area contributed by atoms with Crippen molar-refractivity contribution in [1.29, 1.82) is 0 Å². The molecule has 0 atom stereocenters. The molecule has 0 aliphatic carbocycles. The maximum atomic E-state index is 11.4. The third-order valence-electron chi connectivity index (χ3n) is 2.69. The van der Waals surface area contributed by atoms with E-state index < -0.39 is 5.97 Å². The Labute approximate surface area is 131 Å². The second kappa shape index (κ2) is 6.95. The third-order valence-corrected chi connectivity index (χ3v) is 3.96. The van der Waals surface area contributed by atoms with Crippen LogP contribution in [-0.4, -0.2) is 32.6 Å². The largest absolute Gasteiger partial charge is 0.459 e. The van der Waals surface area contributed by atoms with Crippen LogP contribution in [0.25, 0.3) is 0 Å². The van der Waals surface area contributed by atoms with Crippen LogP contribution in [0.15, 0.2) is 9.64 Å². The molecule has 0 aromatic carbocycles. The van der Waals surface area contributed by atoms with Gasteiger partial charge in [0.25, 0.3) is 5.22 Å². The molecule has 0 spiro atoms. The van der Waals surface area contributed by atoms with E-state index in [0.29, 0.717) is 10.8 Å². The molecule has 0 aliphatic rings. The van der Waals surface area contributed by atoms with Crippen molar-refractivity contribution in [2.75, 3.05) is 6.61 Å². The Morgan fingerprint density at radius 2 is 2.19 bits per heavy atom. The minimum absolute atomic E-state index is 0.148. The zero-order valence-electron chi connectivity index (χ0n) is 11.9. The highest BCUT2D eigenvalue weighted by Gasteiger charge is 2.18. The average Bonchev–Trinajstić information content (AvgIpc) is 3.03. The molecule has 0 radical (unpaired) electrons. The Kier molecular flexibility index (Phi) is 5.24. The van der Waals surface area contributed by atoms with Crippen LogP contribution in [0, 0.1) is 0 Å². The lowest BCUT2D eigenvalue weighted by atomic mass is 10.3. The van der Waals surface area contributed by atoms with Crippen molar-refractivity contribution in [2.45, 2.75) is 31.2 Å². The van der Waals surface area contributed by atoms with Crippen LogP contribution in [0.5, 0.6) is 0 Å². The maximum Gasteiger partial charge on any atom is 0.396 e. The van der Waals surface area contributed by atoms with Gasteiger partial charge >= 0.3 is 11.9 Å². The van der Waals surface area contributed by atoms with E-state index in [2.05, 4.69) is 15.3 Å². The first-order valence-corrected chi connectivity index (χ1v) is 7.76. The molecule has 0 N–H and O–H groups in total. The fraction of sp³-hybridized carbons (Fsp3) is 0.500. The van der Waals surface area contributed by atoms with Gasteiger partial charge in [-0.3, -0.25) is 4.68 Å². The number of hydrogen-bond donors (Lipinski definition) is 0. The number of halogens is 1. The number of ether oxygens (including phenoxy) is 1. The first-order chi connectivity index (χ1) is 10.1. The van der Waals surface area contributed by atoms with E-state index in [1.54, 1.807) is 11.6 Å². The van der Waals surface area contributed by atoms with Crippen LogP contribution in [0.4, 0.5) is 0 Å². The first-order valence-electron chi connectivity index (χ1n) is 6.40. The predicted molar refractivity (Wildman–Crippen MR) is 77.4 cm³/mol. The highest BCUT2D eigenvalue weighted by atomic mass is 35.5. The number of aryl methyl sites for hydroxylation is 2. The van der Waals surface area contributed by atoms with Gasteiger partial charge in [-0.2, -0.15) is 5.10 Å². The predicted octanol–water partition coefficient (Wildman–Crippen LogP) is 2.49. The Hall–Kier alpha value is -1.54. The Morgan fingerprint density at radius 3 is 2.81 bits per heavy atom. The molecule has 0 aliphatic heterocycles. The third kappa shape index (κ3) is 3.56. The summed E-state index contributed by atoms with van der Waals surface area (Å²) in [7, 11) is 1.83. The molecule has 21 heavy (non-hydrogen) atoms. The molecule has 0 fully saturated rings. The number of aromatic nitrogens is 4. The summed E-state index contributed by atoms with van der Waals surface area (Å²) in [6, 6.07) is 0. The topological polar surface area (TPSA) is 83.0 Å². The van der Waals surface area contributed by atoms with E-state index in [-0.39, 0.29) is 17.7 Å². The van der Waals surface area contributed by atoms with Gasteiger partial charge in [-0.15, -0.1) is 5.10 Å². The fourth-order valence-electron chi connectivity index (χ4n) is 1.65. The van der Waals surface area contributed by atoms with Gasteiger partial charge < -0.3 is 9.15 Å². The molecule has 2 aromatic heterocycles. The minimum Gasteiger partial charge on any atom is -0.459 e. The van der Waals surface area contributed by atoms with Crippen molar-refractivity contribution in [1.82, 2.24) is 20.0 Å². The Balaban J connectivity index is 2.04. The van der Waals surface area contributed by atoms with E-state index >= 15 is 0 Å². The molecule has 0 bridgehead atoms. The molecule has 7 nitrogen and oxygen atoms in total. The second-order valence-electron chi connectivity index (χ2n) is 4.07. The SMILES string of the molecule is CCOC(=O)c1nnc(SCc2c(Cl)c(CC)nn2C)o1. The minimum atomic E-state index is -0.622. The highest BCUT2D eigenvalue weighted by Crippen LogP contribution is 2.28. The van der Waals surface area contributed by atoms with Crippen LogP contribution < -0.4 is 0 Å². The Bertz CT molecular complexity index is 640. The highest BCUT2D eigenvalue weighted by molar-refractivity contribution is 7.98. The van der Waals surface area contributed by atoms with E-state index in [0.717, 1.165) is 17.8 Å². The average molecular weight is 331 g/mol. The molecule has 2 rings (SSSR count). The van der Waals surface area contributed by atoms with Gasteiger partial charge in [0.1, 0.15) is 0 Å². The maximum absolute atomic E-state index is 11.4. The standard InChI is InChI=1S/C12H15ClN4O3S/c1-4-7-9(13)8(17(3)16-7)6-21-12-15-14-10(20-12)11(18)19-5-2/h4-6H2,1-3H3. The van der Waals surface area contributed by atoms with Crippen molar-refractivity contribution in [3.63, 3.8) is 0 Å². The summed E-state index contributed by atoms with van der Waals surface area (Å²) in [5, 5.41) is 12.7. The smallest absolute Gasteiger partial charge is 0.396 e. The zero-order valence-corrected chi connectivity index (χ0v) is 13.5. The lowest BCUT2D eigenvalue weighted by Crippen LogP contribution is -2.04. The number of esters is 1. The second-order valence-corrected chi connectivity index (χ2v) is 5.37. The number of hydrogen-bond acceptors (Lipinski definition) is 7. The van der Waals surface area contributed by atoms with Gasteiger partial charge in [0.15, 0.2) is 0 Å². The lowest BCUT2D eigenvalue weighted by Gasteiger charge is -1.99. The summed E-state index contributed by atoms with van der Waals surface area (Å²) >= 11 is 7.54. The van der Waals surface area contributed by atoms with E-state index in [9.17, 15) is 4.79 Å². The molecule has 0 amide bonds. The van der Waals surface area contributed by atoms with Crippen molar-refractivity contribution >= 4 is 29.3 Å². The van der Waals surface area contributed by atoms with Gasteiger partial charge in [-0.1, -0.05) is 35.4 Å². The van der Waals surface area contributed by atoms with Crippen LogP contribution >= 0.6 is 23.4 Å². The summed E-state index contributed by atoms with van der Waals surface area (Å²) in [6.45, 7) is 3.96. The normalized spacial score (nSPS) is 10.9. The summed E-state index contributed by atoms with van der Waals surface area (Å²) in [5.74, 6) is -0.249. The van der Waals surface area contributed by atoms with E-state index in [4.69, 9.17) is 20.8 Å². The fourth-order valence-corrected chi connectivity index (χ4v) is 2.92. The molecule has 0 unspecified atom stereocenters. The molecule has 0 saturated carbocycles. The number of carbonyl (C=O) groups excluding carboxylic acids is 1. The van der Waals surface area contributed by atoms with Crippen LogP contribution in [0.2, 0.25) is 5.02 Å². The van der Waals surface area contributed by atoms with Crippen molar-refractivity contribution in [3.05, 3.63) is 22.3 Å². The van der Waals surface area contributed by atoms with Crippen LogP contribution in [-0.2, 0) is 24.0 Å². The quantitative estimate of drug-likeness (QED) is 0.594. The Morgan fingerprint density at radius 1 is 1.43 bits per heavy atom. The van der Waals surface area contributed by atoms with Gasteiger partial charge in [0.2, 0.25) is 0 Å². The van der Waals surface area contributed by atoms with Gasteiger partial charge in [-0.05, 0) is 13.3 Å². The number of nitrogens with zero attached hydrogens (tertiary/aromatic N) is 4. The van der Waals surface area contributed by atoms with Crippen molar-refractivity contribution in [2.24, 2.45) is 7.05 Å². The van der Waals surface area contributed by atoms with Gasteiger partial charge in [-0.25, -0.2) is 4.79 Å². The summed E-state index contributed by atoms with van der Waals surface area (Å²) in [5.41, 5.74) is 1.72. The number of thioether (sulfide) groups is 1. The van der Waals surface area contributed by atoms with Crippen molar-refractivity contribution < 1.29 is 13.9 Å². The van der Waals surface area contributed by atoms with E-state index in [1.807, 2.05) is 14.0 Å². The molecule has 9 heteroatoms. The first kappa shape index (κ1) is 15.8. The molecule has 2 heterocycles. The number of rotatable bonds is 6. The molecule has 0 saturated heterocycles. The molecule has 2 aromatic rings. The summed E-state index contributed by atoms with van der Waals surface area (Å²) in [4.78, 5) is 11.4. The zero-order chi connectivity index (χ0) is 15.4. The van der Waals surface area contributed by atoms with Crippen LogP contribution in [0.3, 0.4) is 0 Å². The molecular weight excluding hydrogens is 316 g/mol. The molecular formula is C12H15ClN4O3S. The lowest BCUT2D eigenvalue weighted by molar-refractivity contribution is 0.0475. The van der Waals surface area contributed by atoms with Gasteiger partial charge in [0.05, 0.1) is 23.0 Å². The monoisotopic (exact) mass is 330 g/mol. The summed E-state index contributed by atoms with van der Waals surface area (Å²) in [6.07, 6.45) is 0.769.